The average molecular weight is 435 g/mol. The van der Waals surface area contributed by atoms with Crippen molar-refractivity contribution in [3.05, 3.63) is 52.9 Å². The summed E-state index contributed by atoms with van der Waals surface area (Å²) < 4.78 is 30.4. The minimum absolute atomic E-state index is 0.0781. The number of benzene rings is 1. The van der Waals surface area contributed by atoms with Crippen LogP contribution in [0.4, 0.5) is 0 Å². The molecule has 3 aromatic rings. The Labute approximate surface area is 161 Å². The predicted octanol–water partition coefficient (Wildman–Crippen LogP) is 3.39. The molecular formula is C18H19BrN4O2S. The molecule has 0 unspecified atom stereocenters. The molecule has 1 atom stereocenters. The van der Waals surface area contributed by atoms with Gasteiger partial charge in [0.05, 0.1) is 4.90 Å². The first-order chi connectivity index (χ1) is 12.5. The van der Waals surface area contributed by atoms with Crippen molar-refractivity contribution >= 4 is 37.1 Å². The van der Waals surface area contributed by atoms with E-state index in [4.69, 9.17) is 4.98 Å². The van der Waals surface area contributed by atoms with E-state index < -0.39 is 10.0 Å². The van der Waals surface area contributed by atoms with E-state index in [1.54, 1.807) is 34.8 Å². The van der Waals surface area contributed by atoms with Gasteiger partial charge in [-0.25, -0.2) is 18.4 Å². The lowest BCUT2D eigenvalue weighted by Crippen LogP contribution is -2.29. The van der Waals surface area contributed by atoms with Gasteiger partial charge in [0.2, 0.25) is 10.0 Å². The molecule has 8 heteroatoms. The van der Waals surface area contributed by atoms with Gasteiger partial charge < -0.3 is 4.57 Å². The summed E-state index contributed by atoms with van der Waals surface area (Å²) in [5.74, 6) is 1.00. The van der Waals surface area contributed by atoms with Gasteiger partial charge >= 0.3 is 0 Å². The van der Waals surface area contributed by atoms with Crippen LogP contribution >= 0.6 is 15.9 Å². The lowest BCUT2D eigenvalue weighted by Gasteiger charge is -2.17. The van der Waals surface area contributed by atoms with Crippen molar-refractivity contribution in [2.45, 2.75) is 30.7 Å². The number of aryl methyl sites for hydroxylation is 1. The molecule has 0 radical (unpaired) electrons. The first kappa shape index (κ1) is 17.6. The van der Waals surface area contributed by atoms with Crippen LogP contribution in [0.25, 0.3) is 11.2 Å². The third-order valence-electron chi connectivity index (χ3n) is 4.82. The monoisotopic (exact) mass is 434 g/mol. The Morgan fingerprint density at radius 2 is 2.00 bits per heavy atom. The molecule has 0 saturated carbocycles. The molecule has 6 nitrogen and oxygen atoms in total. The highest BCUT2D eigenvalue weighted by atomic mass is 79.9. The zero-order valence-corrected chi connectivity index (χ0v) is 16.7. The Morgan fingerprint density at radius 1 is 1.23 bits per heavy atom. The molecule has 0 aliphatic carbocycles. The van der Waals surface area contributed by atoms with Gasteiger partial charge in [0.25, 0.3) is 0 Å². The van der Waals surface area contributed by atoms with Gasteiger partial charge in [0.1, 0.15) is 11.3 Å². The first-order valence-electron chi connectivity index (χ1n) is 8.57. The van der Waals surface area contributed by atoms with E-state index in [-0.39, 0.29) is 5.92 Å². The fraction of sp³-hybridized carbons (Fsp3) is 0.333. The number of hydrogen-bond donors (Lipinski definition) is 0. The molecule has 0 spiro atoms. The second kappa shape index (κ2) is 6.75. The standard InChI is InChI=1S/C18H19BrN4O2S/c1-2-23-17(21-16-4-3-10-20-18(16)23)13-9-11-22(12-13)26(24,25)15-7-5-14(19)6-8-15/h3-8,10,13H,2,9,11-12H2,1H3/t13-/m1/s1. The van der Waals surface area contributed by atoms with Crippen LogP contribution < -0.4 is 0 Å². The Bertz CT molecular complexity index is 1050. The molecule has 26 heavy (non-hydrogen) atoms. The van der Waals surface area contributed by atoms with Gasteiger partial charge in [0, 0.05) is 36.2 Å². The van der Waals surface area contributed by atoms with Crippen molar-refractivity contribution < 1.29 is 8.42 Å². The van der Waals surface area contributed by atoms with E-state index in [2.05, 4.69) is 32.4 Å². The predicted molar refractivity (Wildman–Crippen MR) is 103 cm³/mol. The maximum Gasteiger partial charge on any atom is 0.243 e. The van der Waals surface area contributed by atoms with Gasteiger partial charge in [-0.1, -0.05) is 15.9 Å². The number of hydrogen-bond acceptors (Lipinski definition) is 4. The molecule has 1 aromatic carbocycles. The molecule has 0 amide bonds. The molecule has 0 bridgehead atoms. The maximum absolute atomic E-state index is 12.9. The van der Waals surface area contributed by atoms with E-state index in [0.29, 0.717) is 18.0 Å². The van der Waals surface area contributed by atoms with E-state index in [1.807, 2.05) is 12.1 Å². The van der Waals surface area contributed by atoms with Gasteiger partial charge in [-0.15, -0.1) is 0 Å². The lowest BCUT2D eigenvalue weighted by molar-refractivity contribution is 0.469. The minimum Gasteiger partial charge on any atom is -0.313 e. The Hall–Kier alpha value is -1.77. The van der Waals surface area contributed by atoms with Crippen molar-refractivity contribution in [3.63, 3.8) is 0 Å². The van der Waals surface area contributed by atoms with Crippen LogP contribution in [0, 0.1) is 0 Å². The number of sulfonamides is 1. The molecule has 1 aliphatic rings. The highest BCUT2D eigenvalue weighted by Crippen LogP contribution is 2.32. The van der Waals surface area contributed by atoms with Gasteiger partial charge in [-0.05, 0) is 49.7 Å². The summed E-state index contributed by atoms with van der Waals surface area (Å²) in [5, 5.41) is 0. The summed E-state index contributed by atoms with van der Waals surface area (Å²) in [6.07, 6.45) is 2.53. The third-order valence-corrected chi connectivity index (χ3v) is 7.23. The summed E-state index contributed by atoms with van der Waals surface area (Å²) >= 11 is 3.34. The summed E-state index contributed by atoms with van der Waals surface area (Å²) in [4.78, 5) is 9.50. The average Bonchev–Trinajstić information content (AvgIpc) is 3.27. The summed E-state index contributed by atoms with van der Waals surface area (Å²) in [7, 11) is -3.49. The number of rotatable bonds is 4. The normalized spacial score (nSPS) is 18.6. The fourth-order valence-electron chi connectivity index (χ4n) is 3.51. The summed E-state index contributed by atoms with van der Waals surface area (Å²) in [5.41, 5.74) is 1.72. The quantitative estimate of drug-likeness (QED) is 0.630. The molecule has 1 saturated heterocycles. The van der Waals surface area contributed by atoms with Crippen molar-refractivity contribution in [2.75, 3.05) is 13.1 Å². The van der Waals surface area contributed by atoms with Gasteiger partial charge in [-0.3, -0.25) is 0 Å². The number of fused-ring (bicyclic) bond motifs is 1. The van der Waals surface area contributed by atoms with E-state index in [9.17, 15) is 8.42 Å². The molecule has 4 rings (SSSR count). The second-order valence-corrected chi connectivity index (χ2v) is 9.22. The molecule has 136 valence electrons. The number of halogens is 1. The van der Waals surface area contributed by atoms with Crippen molar-refractivity contribution in [1.82, 2.24) is 18.8 Å². The van der Waals surface area contributed by atoms with Crippen molar-refractivity contribution in [2.24, 2.45) is 0 Å². The first-order valence-corrected chi connectivity index (χ1v) is 10.8. The number of nitrogens with zero attached hydrogens (tertiary/aromatic N) is 4. The molecule has 2 aromatic heterocycles. The Morgan fingerprint density at radius 3 is 2.73 bits per heavy atom. The maximum atomic E-state index is 12.9. The minimum atomic E-state index is -3.49. The SMILES string of the molecule is CCn1c([C@@H]2CCN(S(=O)(=O)c3ccc(Br)cc3)C2)nc2cccnc21. The van der Waals surface area contributed by atoms with Crippen LogP contribution in [0.3, 0.4) is 0 Å². The van der Waals surface area contributed by atoms with Crippen LogP contribution in [-0.2, 0) is 16.6 Å². The van der Waals surface area contributed by atoms with Crippen LogP contribution in [0.2, 0.25) is 0 Å². The molecule has 3 heterocycles. The lowest BCUT2D eigenvalue weighted by atomic mass is 10.1. The fourth-order valence-corrected chi connectivity index (χ4v) is 5.28. The number of aromatic nitrogens is 3. The van der Waals surface area contributed by atoms with Crippen LogP contribution in [0.1, 0.15) is 25.1 Å². The van der Waals surface area contributed by atoms with Crippen molar-refractivity contribution in [1.29, 1.82) is 0 Å². The largest absolute Gasteiger partial charge is 0.313 e. The van der Waals surface area contributed by atoms with Crippen LogP contribution in [0.15, 0.2) is 52.0 Å². The van der Waals surface area contributed by atoms with Gasteiger partial charge in [0.15, 0.2) is 5.65 Å². The topological polar surface area (TPSA) is 68.1 Å². The number of imidazole rings is 1. The van der Waals surface area contributed by atoms with E-state index in [0.717, 1.165) is 34.4 Å². The van der Waals surface area contributed by atoms with Gasteiger partial charge in [-0.2, -0.15) is 4.31 Å². The summed E-state index contributed by atoms with van der Waals surface area (Å²) in [6, 6.07) is 10.6. The highest BCUT2D eigenvalue weighted by molar-refractivity contribution is 9.10. The van der Waals surface area contributed by atoms with E-state index in [1.165, 1.54) is 0 Å². The van der Waals surface area contributed by atoms with E-state index >= 15 is 0 Å². The highest BCUT2D eigenvalue weighted by Gasteiger charge is 2.35. The zero-order chi connectivity index (χ0) is 18.3. The van der Waals surface area contributed by atoms with Crippen molar-refractivity contribution in [3.8, 4) is 0 Å². The zero-order valence-electron chi connectivity index (χ0n) is 14.3. The third kappa shape index (κ3) is 2.95. The molecule has 1 aliphatic heterocycles. The Balaban J connectivity index is 1.64. The molecule has 0 N–H and O–H groups in total. The van der Waals surface area contributed by atoms with Crippen LogP contribution in [0.5, 0.6) is 0 Å². The number of pyridine rings is 1. The smallest absolute Gasteiger partial charge is 0.243 e. The van der Waals surface area contributed by atoms with Crippen LogP contribution in [-0.4, -0.2) is 40.3 Å². The molecular weight excluding hydrogens is 416 g/mol. The summed E-state index contributed by atoms with van der Waals surface area (Å²) in [6.45, 7) is 3.77. The molecule has 1 fully saturated rings. The second-order valence-electron chi connectivity index (χ2n) is 6.36. The Kier molecular flexibility index (Phi) is 4.58.